The Hall–Kier alpha value is -6.92. The lowest BCUT2D eigenvalue weighted by molar-refractivity contribution is 0.669. The fourth-order valence-corrected chi connectivity index (χ4v) is 7.18. The van der Waals surface area contributed by atoms with Crippen molar-refractivity contribution >= 4 is 43.7 Å². The van der Waals surface area contributed by atoms with Gasteiger partial charge in [-0.15, -0.1) is 0 Å². The van der Waals surface area contributed by atoms with E-state index < -0.39 is 0 Å². The molecule has 7 aromatic carbocycles. The predicted octanol–water partition coefficient (Wildman–Crippen LogP) is 11.5. The molecule has 6 nitrogen and oxygen atoms in total. The summed E-state index contributed by atoms with van der Waals surface area (Å²) in [5.74, 6) is 2.89. The molecule has 0 saturated heterocycles. The summed E-state index contributed by atoms with van der Waals surface area (Å²) < 4.78 is 8.48. The van der Waals surface area contributed by atoms with E-state index in [2.05, 4.69) is 109 Å². The molecule has 3 heterocycles. The van der Waals surface area contributed by atoms with Gasteiger partial charge in [-0.2, -0.15) is 0 Å². The molecule has 0 N–H and O–H groups in total. The lowest BCUT2D eigenvalue weighted by atomic mass is 9.99. The Morgan fingerprint density at radius 1 is 0.462 bits per heavy atom. The first-order valence-corrected chi connectivity index (χ1v) is 17.5. The van der Waals surface area contributed by atoms with Crippen LogP contribution < -0.4 is 0 Å². The summed E-state index contributed by atoms with van der Waals surface area (Å²) in [6.45, 7) is 2.15. The molecule has 0 spiro atoms. The summed E-state index contributed by atoms with van der Waals surface area (Å²) in [5.41, 5.74) is 9.89. The summed E-state index contributed by atoms with van der Waals surface area (Å²) in [6.07, 6.45) is 0.852. The van der Waals surface area contributed by atoms with Crippen molar-refractivity contribution in [3.05, 3.63) is 164 Å². The Labute approximate surface area is 299 Å². The van der Waals surface area contributed by atoms with Gasteiger partial charge in [0, 0.05) is 39.6 Å². The molecule has 246 valence electrons. The van der Waals surface area contributed by atoms with Crippen LogP contribution in [0.4, 0.5) is 0 Å². The predicted molar refractivity (Wildman–Crippen MR) is 210 cm³/mol. The first-order chi connectivity index (χ1) is 25.7. The number of hydrogen-bond acceptors (Lipinski definition) is 5. The Kier molecular flexibility index (Phi) is 6.99. The van der Waals surface area contributed by atoms with Crippen LogP contribution in [0, 0.1) is 0 Å². The van der Waals surface area contributed by atoms with Crippen LogP contribution in [0.3, 0.4) is 0 Å². The minimum absolute atomic E-state index is 0.595. The smallest absolute Gasteiger partial charge is 0.164 e. The van der Waals surface area contributed by atoms with E-state index in [1.165, 1.54) is 10.8 Å². The molecule has 0 aliphatic rings. The second-order valence-corrected chi connectivity index (χ2v) is 13.0. The first kappa shape index (κ1) is 29.9. The van der Waals surface area contributed by atoms with Crippen LogP contribution in [-0.4, -0.2) is 24.5 Å². The topological polar surface area (TPSA) is 69.6 Å². The zero-order chi connectivity index (χ0) is 34.6. The number of furan rings is 1. The maximum atomic E-state index is 6.20. The molecule has 10 rings (SSSR count). The third-order valence-electron chi connectivity index (χ3n) is 9.81. The summed E-state index contributed by atoms with van der Waals surface area (Å²) in [5, 5.41) is 4.53. The second-order valence-electron chi connectivity index (χ2n) is 13.0. The van der Waals surface area contributed by atoms with Gasteiger partial charge >= 0.3 is 0 Å². The largest absolute Gasteiger partial charge is 0.456 e. The molecule has 3 aromatic heterocycles. The van der Waals surface area contributed by atoms with Crippen LogP contribution in [-0.2, 0) is 6.42 Å². The number of fused-ring (bicyclic) bond motifs is 5. The molecule has 0 aliphatic heterocycles. The van der Waals surface area contributed by atoms with Crippen molar-refractivity contribution in [2.45, 2.75) is 13.3 Å². The van der Waals surface area contributed by atoms with Crippen molar-refractivity contribution in [1.82, 2.24) is 24.5 Å². The maximum absolute atomic E-state index is 6.20. The third kappa shape index (κ3) is 5.12. The van der Waals surface area contributed by atoms with Gasteiger partial charge in [-0.25, -0.2) is 19.9 Å². The average Bonchev–Trinajstić information content (AvgIpc) is 3.79. The summed E-state index contributed by atoms with van der Waals surface area (Å²) in [6, 6.07) is 54.4. The van der Waals surface area contributed by atoms with E-state index in [9.17, 15) is 0 Å². The monoisotopic (exact) mass is 669 g/mol. The Balaban J connectivity index is 1.03. The van der Waals surface area contributed by atoms with Crippen LogP contribution in [0.25, 0.3) is 94.7 Å². The zero-order valence-corrected chi connectivity index (χ0v) is 28.4. The minimum Gasteiger partial charge on any atom is -0.456 e. The number of nitrogens with zero attached hydrogens (tertiary/aromatic N) is 5. The van der Waals surface area contributed by atoms with Gasteiger partial charge in [0.2, 0.25) is 0 Å². The zero-order valence-electron chi connectivity index (χ0n) is 28.4. The van der Waals surface area contributed by atoms with Crippen molar-refractivity contribution in [2.24, 2.45) is 0 Å². The number of aryl methyl sites for hydroxylation is 1. The Morgan fingerprint density at radius 3 is 1.92 bits per heavy atom. The van der Waals surface area contributed by atoms with Crippen molar-refractivity contribution in [1.29, 1.82) is 0 Å². The fraction of sp³-hybridized carbons (Fsp3) is 0.0435. The minimum atomic E-state index is 0.595. The molecular weight excluding hydrogens is 639 g/mol. The van der Waals surface area contributed by atoms with Gasteiger partial charge in [0.1, 0.15) is 17.0 Å². The molecule has 0 unspecified atom stereocenters. The highest BCUT2D eigenvalue weighted by Gasteiger charge is 2.16. The van der Waals surface area contributed by atoms with Crippen molar-refractivity contribution in [2.75, 3.05) is 0 Å². The first-order valence-electron chi connectivity index (χ1n) is 17.5. The van der Waals surface area contributed by atoms with Crippen LogP contribution in [0.2, 0.25) is 0 Å². The van der Waals surface area contributed by atoms with E-state index in [1.54, 1.807) is 0 Å². The highest BCUT2D eigenvalue weighted by Crippen LogP contribution is 2.34. The highest BCUT2D eigenvalue weighted by molar-refractivity contribution is 6.05. The van der Waals surface area contributed by atoms with E-state index in [-0.39, 0.29) is 0 Å². The lowest BCUT2D eigenvalue weighted by Crippen LogP contribution is -2.00. The lowest BCUT2D eigenvalue weighted by Gasteiger charge is -2.11. The van der Waals surface area contributed by atoms with Crippen molar-refractivity contribution in [3.8, 4) is 51.0 Å². The number of rotatable bonds is 6. The van der Waals surface area contributed by atoms with Gasteiger partial charge in [0.15, 0.2) is 17.5 Å². The summed E-state index contributed by atoms with van der Waals surface area (Å²) in [4.78, 5) is 19.8. The standard InChI is InChI=1S/C46H31N5O/c1-2-43-47-39-13-7-8-14-40(39)51(43)36-24-22-30-18-21-33(26-35(30)27-36)29-16-19-32(20-17-29)45-48-44(31-10-4-3-5-11-31)49-46(50-45)34-23-25-38-37-12-6-9-15-41(37)52-42(38)28-34/h3-28H,2H2,1H3. The van der Waals surface area contributed by atoms with Crippen LogP contribution in [0.1, 0.15) is 12.7 Å². The molecule has 0 aliphatic carbocycles. The van der Waals surface area contributed by atoms with Gasteiger partial charge in [0.25, 0.3) is 0 Å². The molecule has 52 heavy (non-hydrogen) atoms. The van der Waals surface area contributed by atoms with Crippen molar-refractivity contribution < 1.29 is 4.42 Å². The molecule has 0 fully saturated rings. The molecule has 0 bridgehead atoms. The quantitative estimate of drug-likeness (QED) is 0.176. The fourth-order valence-electron chi connectivity index (χ4n) is 7.18. The number of hydrogen-bond donors (Lipinski definition) is 0. The van der Waals surface area contributed by atoms with E-state index in [0.29, 0.717) is 17.5 Å². The van der Waals surface area contributed by atoms with Gasteiger partial charge < -0.3 is 4.42 Å². The van der Waals surface area contributed by atoms with Gasteiger partial charge in [-0.3, -0.25) is 4.57 Å². The normalized spacial score (nSPS) is 11.6. The van der Waals surface area contributed by atoms with Crippen molar-refractivity contribution in [3.63, 3.8) is 0 Å². The Morgan fingerprint density at radius 2 is 1.10 bits per heavy atom. The van der Waals surface area contributed by atoms with E-state index in [1.807, 2.05) is 60.7 Å². The Bertz CT molecular complexity index is 2940. The SMILES string of the molecule is CCc1nc2ccccc2n1-c1ccc2ccc(-c3ccc(-c4nc(-c5ccccc5)nc(-c5ccc6c(c5)oc5ccccc56)n4)cc3)cc2c1. The maximum Gasteiger partial charge on any atom is 0.164 e. The molecule has 0 amide bonds. The molecule has 0 atom stereocenters. The summed E-state index contributed by atoms with van der Waals surface area (Å²) >= 11 is 0. The number of aromatic nitrogens is 5. The number of benzene rings is 7. The van der Waals surface area contributed by atoms with Gasteiger partial charge in [0.05, 0.1) is 11.0 Å². The van der Waals surface area contributed by atoms with E-state index >= 15 is 0 Å². The second kappa shape index (κ2) is 12.1. The third-order valence-corrected chi connectivity index (χ3v) is 9.81. The number of para-hydroxylation sites is 3. The van der Waals surface area contributed by atoms with E-state index in [4.69, 9.17) is 24.4 Å². The molecular formula is C46H31N5O. The highest BCUT2D eigenvalue weighted by atomic mass is 16.3. The average molecular weight is 670 g/mol. The molecule has 10 aromatic rings. The van der Waals surface area contributed by atoms with Crippen LogP contribution in [0.5, 0.6) is 0 Å². The number of imidazole rings is 1. The van der Waals surface area contributed by atoms with E-state index in [0.717, 1.165) is 78.7 Å². The van der Waals surface area contributed by atoms with Gasteiger partial charge in [-0.1, -0.05) is 116 Å². The molecule has 0 radical (unpaired) electrons. The molecule has 6 heteroatoms. The summed E-state index contributed by atoms with van der Waals surface area (Å²) in [7, 11) is 0. The van der Waals surface area contributed by atoms with Crippen LogP contribution in [0.15, 0.2) is 162 Å². The van der Waals surface area contributed by atoms with Gasteiger partial charge in [-0.05, 0) is 70.4 Å². The molecule has 0 saturated carbocycles. The van der Waals surface area contributed by atoms with Crippen LogP contribution >= 0.6 is 0 Å².